The van der Waals surface area contributed by atoms with Crippen LogP contribution in [0.3, 0.4) is 0 Å². The lowest BCUT2D eigenvalue weighted by atomic mass is 9.94. The van der Waals surface area contributed by atoms with Gasteiger partial charge in [-0.2, -0.15) is 0 Å². The molecule has 0 bridgehead atoms. The Morgan fingerprint density at radius 2 is 1.48 bits per heavy atom. The van der Waals surface area contributed by atoms with Gasteiger partial charge in [0.15, 0.2) is 0 Å². The number of carbonyl (C=O) groups excluding carboxylic acids is 1. The largest absolute Gasteiger partial charge is 0.426 e. The van der Waals surface area contributed by atoms with Crippen molar-refractivity contribution >= 4 is 5.97 Å². The quantitative estimate of drug-likeness (QED) is 0.521. The van der Waals surface area contributed by atoms with Crippen LogP contribution in [0.1, 0.15) is 50.3 Å². The summed E-state index contributed by atoms with van der Waals surface area (Å²) >= 11 is 0. The van der Waals surface area contributed by atoms with Crippen LogP contribution in [0.2, 0.25) is 0 Å². The molecule has 2 rings (SSSR count). The fourth-order valence-electron chi connectivity index (χ4n) is 2.88. The van der Waals surface area contributed by atoms with E-state index in [9.17, 15) is 4.79 Å². The SMILES string of the molecule is CCCc1ccc(C)c(-c2cc(CCC)ccc2OC(C)=O)c1. The first-order valence-electron chi connectivity index (χ1n) is 8.46. The molecular formula is C21H26O2. The average Bonchev–Trinajstić information content (AvgIpc) is 2.51. The van der Waals surface area contributed by atoms with E-state index in [2.05, 4.69) is 51.1 Å². The van der Waals surface area contributed by atoms with E-state index in [1.165, 1.54) is 23.6 Å². The van der Waals surface area contributed by atoms with E-state index in [-0.39, 0.29) is 5.97 Å². The molecule has 0 fully saturated rings. The van der Waals surface area contributed by atoms with E-state index in [1.807, 2.05) is 6.07 Å². The van der Waals surface area contributed by atoms with Gasteiger partial charge >= 0.3 is 5.97 Å². The van der Waals surface area contributed by atoms with Gasteiger partial charge in [0.05, 0.1) is 0 Å². The first kappa shape index (κ1) is 17.3. The zero-order valence-corrected chi connectivity index (χ0v) is 14.6. The molecule has 2 aromatic rings. The number of hydrogen-bond donors (Lipinski definition) is 0. The molecule has 0 heterocycles. The van der Waals surface area contributed by atoms with Crippen molar-refractivity contribution in [3.63, 3.8) is 0 Å². The summed E-state index contributed by atoms with van der Waals surface area (Å²) in [6.07, 6.45) is 4.31. The molecule has 0 saturated heterocycles. The smallest absolute Gasteiger partial charge is 0.308 e. The highest BCUT2D eigenvalue weighted by Gasteiger charge is 2.12. The van der Waals surface area contributed by atoms with Gasteiger partial charge in [0, 0.05) is 12.5 Å². The van der Waals surface area contributed by atoms with Gasteiger partial charge in [-0.1, -0.05) is 51.0 Å². The van der Waals surface area contributed by atoms with E-state index >= 15 is 0 Å². The fraction of sp³-hybridized carbons (Fsp3) is 0.381. The molecule has 0 aliphatic heterocycles. The number of ether oxygens (including phenoxy) is 1. The molecule has 0 atom stereocenters. The Kier molecular flexibility index (Phi) is 5.97. The van der Waals surface area contributed by atoms with Crippen molar-refractivity contribution in [2.45, 2.75) is 53.4 Å². The summed E-state index contributed by atoms with van der Waals surface area (Å²) in [4.78, 5) is 11.4. The molecular weight excluding hydrogens is 284 g/mol. The second-order valence-electron chi connectivity index (χ2n) is 6.07. The van der Waals surface area contributed by atoms with Gasteiger partial charge in [0.2, 0.25) is 0 Å². The fourth-order valence-corrected chi connectivity index (χ4v) is 2.88. The third-order valence-corrected chi connectivity index (χ3v) is 3.97. The highest BCUT2D eigenvalue weighted by atomic mass is 16.5. The number of carbonyl (C=O) groups is 1. The topological polar surface area (TPSA) is 26.3 Å². The number of hydrogen-bond acceptors (Lipinski definition) is 2. The Labute approximate surface area is 139 Å². The van der Waals surface area contributed by atoms with E-state index in [0.717, 1.165) is 36.8 Å². The number of benzene rings is 2. The predicted octanol–water partition coefficient (Wildman–Crippen LogP) is 5.49. The molecule has 0 amide bonds. The Bertz CT molecular complexity index is 686. The Hall–Kier alpha value is -2.09. The van der Waals surface area contributed by atoms with Gasteiger partial charge in [-0.15, -0.1) is 0 Å². The maximum Gasteiger partial charge on any atom is 0.308 e. The van der Waals surface area contributed by atoms with Crippen molar-refractivity contribution in [2.24, 2.45) is 0 Å². The first-order valence-corrected chi connectivity index (χ1v) is 8.46. The molecule has 0 aliphatic rings. The minimum absolute atomic E-state index is 0.281. The average molecular weight is 310 g/mol. The first-order chi connectivity index (χ1) is 11.0. The zero-order valence-electron chi connectivity index (χ0n) is 14.6. The van der Waals surface area contributed by atoms with Crippen molar-refractivity contribution in [1.82, 2.24) is 0 Å². The predicted molar refractivity (Wildman–Crippen MR) is 95.9 cm³/mol. The van der Waals surface area contributed by atoms with Crippen LogP contribution in [0, 0.1) is 6.92 Å². The van der Waals surface area contributed by atoms with Crippen LogP contribution in [0.15, 0.2) is 36.4 Å². The number of esters is 1. The van der Waals surface area contributed by atoms with Gasteiger partial charge < -0.3 is 4.74 Å². The molecule has 0 spiro atoms. The summed E-state index contributed by atoms with van der Waals surface area (Å²) in [6.45, 7) is 7.91. The summed E-state index contributed by atoms with van der Waals surface area (Å²) in [6, 6.07) is 12.7. The lowest BCUT2D eigenvalue weighted by Crippen LogP contribution is -2.03. The number of aryl methyl sites for hydroxylation is 3. The maximum atomic E-state index is 11.4. The van der Waals surface area contributed by atoms with E-state index in [4.69, 9.17) is 4.74 Å². The molecule has 2 heteroatoms. The van der Waals surface area contributed by atoms with E-state index in [0.29, 0.717) is 5.75 Å². The third kappa shape index (κ3) is 4.44. The molecule has 23 heavy (non-hydrogen) atoms. The summed E-state index contributed by atoms with van der Waals surface area (Å²) in [5.74, 6) is 0.367. The summed E-state index contributed by atoms with van der Waals surface area (Å²) in [5, 5.41) is 0. The van der Waals surface area contributed by atoms with Crippen LogP contribution in [-0.4, -0.2) is 5.97 Å². The van der Waals surface area contributed by atoms with Crippen LogP contribution >= 0.6 is 0 Å². The van der Waals surface area contributed by atoms with Crippen molar-refractivity contribution in [1.29, 1.82) is 0 Å². The van der Waals surface area contributed by atoms with Crippen molar-refractivity contribution < 1.29 is 9.53 Å². The minimum Gasteiger partial charge on any atom is -0.426 e. The van der Waals surface area contributed by atoms with Crippen LogP contribution in [0.25, 0.3) is 11.1 Å². The van der Waals surface area contributed by atoms with Crippen LogP contribution in [-0.2, 0) is 17.6 Å². The van der Waals surface area contributed by atoms with Crippen LogP contribution < -0.4 is 4.74 Å². The molecule has 0 aliphatic carbocycles. The molecule has 0 unspecified atom stereocenters. The molecule has 0 saturated carbocycles. The molecule has 2 nitrogen and oxygen atoms in total. The minimum atomic E-state index is -0.281. The van der Waals surface area contributed by atoms with Gasteiger partial charge in [-0.3, -0.25) is 4.79 Å². The highest BCUT2D eigenvalue weighted by Crippen LogP contribution is 2.34. The third-order valence-electron chi connectivity index (χ3n) is 3.97. The Morgan fingerprint density at radius 1 is 0.913 bits per heavy atom. The van der Waals surface area contributed by atoms with Crippen molar-refractivity contribution in [3.05, 3.63) is 53.1 Å². The molecule has 0 aromatic heterocycles. The second-order valence-corrected chi connectivity index (χ2v) is 6.07. The monoisotopic (exact) mass is 310 g/mol. The van der Waals surface area contributed by atoms with Gasteiger partial charge in [0.25, 0.3) is 0 Å². The molecule has 0 radical (unpaired) electrons. The van der Waals surface area contributed by atoms with E-state index in [1.54, 1.807) is 0 Å². The second kappa shape index (κ2) is 7.96. The Balaban J connectivity index is 2.56. The van der Waals surface area contributed by atoms with Crippen LogP contribution in [0.4, 0.5) is 0 Å². The zero-order chi connectivity index (χ0) is 16.8. The summed E-state index contributed by atoms with van der Waals surface area (Å²) in [7, 11) is 0. The lowest BCUT2D eigenvalue weighted by molar-refractivity contribution is -0.131. The summed E-state index contributed by atoms with van der Waals surface area (Å²) < 4.78 is 5.45. The maximum absolute atomic E-state index is 11.4. The van der Waals surface area contributed by atoms with E-state index < -0.39 is 0 Å². The van der Waals surface area contributed by atoms with Crippen molar-refractivity contribution in [2.75, 3.05) is 0 Å². The standard InChI is InChI=1S/C21H26O2/c1-5-7-17-10-9-15(3)19(13-17)20-14-18(8-6-2)11-12-21(20)23-16(4)22/h9-14H,5-8H2,1-4H3. The van der Waals surface area contributed by atoms with Crippen LogP contribution in [0.5, 0.6) is 5.75 Å². The highest BCUT2D eigenvalue weighted by molar-refractivity contribution is 5.79. The normalized spacial score (nSPS) is 10.6. The summed E-state index contributed by atoms with van der Waals surface area (Å²) in [5.41, 5.74) is 5.97. The van der Waals surface area contributed by atoms with Gasteiger partial charge in [0.1, 0.15) is 5.75 Å². The molecule has 122 valence electrons. The lowest BCUT2D eigenvalue weighted by Gasteiger charge is -2.15. The van der Waals surface area contributed by atoms with Gasteiger partial charge in [-0.05, 0) is 54.2 Å². The Morgan fingerprint density at radius 3 is 2.04 bits per heavy atom. The van der Waals surface area contributed by atoms with Gasteiger partial charge in [-0.25, -0.2) is 0 Å². The molecule has 2 aromatic carbocycles. The number of rotatable bonds is 6. The van der Waals surface area contributed by atoms with Crippen molar-refractivity contribution in [3.8, 4) is 16.9 Å². The molecule has 0 N–H and O–H groups in total.